The fourth-order valence-electron chi connectivity index (χ4n) is 4.17. The number of hydrogen-bond donors (Lipinski definition) is 2. The second-order valence-corrected chi connectivity index (χ2v) is 8.47. The molecule has 2 saturated heterocycles. The van der Waals surface area contributed by atoms with E-state index in [2.05, 4.69) is 23.8 Å². The summed E-state index contributed by atoms with van der Waals surface area (Å²) in [6, 6.07) is 1.11. The van der Waals surface area contributed by atoms with Gasteiger partial charge in [0.15, 0.2) is 0 Å². The van der Waals surface area contributed by atoms with Gasteiger partial charge in [0.25, 0.3) is 0 Å². The molecule has 3 atom stereocenters. The van der Waals surface area contributed by atoms with Crippen LogP contribution < -0.4 is 11.1 Å². The Morgan fingerprint density at radius 2 is 2.03 bits per heavy atom. The zero-order valence-electron chi connectivity index (χ0n) is 18.8. The first-order valence-corrected chi connectivity index (χ1v) is 10.8. The Labute approximate surface area is 188 Å². The van der Waals surface area contributed by atoms with Gasteiger partial charge in [-0.1, -0.05) is 19.6 Å². The molecule has 1 unspecified atom stereocenters. The maximum atomic E-state index is 13.1. The van der Waals surface area contributed by atoms with E-state index >= 15 is 0 Å². The molecule has 1 aromatic rings. The lowest BCUT2D eigenvalue weighted by Gasteiger charge is -2.38. The van der Waals surface area contributed by atoms with E-state index in [-0.39, 0.29) is 29.3 Å². The summed E-state index contributed by atoms with van der Waals surface area (Å²) in [6.07, 6.45) is 9.10. The molecule has 2 aliphatic heterocycles. The van der Waals surface area contributed by atoms with Gasteiger partial charge in [-0.3, -0.25) is 19.4 Å². The van der Waals surface area contributed by atoms with Crippen molar-refractivity contribution < 1.29 is 19.1 Å². The molecule has 8 nitrogen and oxygen atoms in total. The van der Waals surface area contributed by atoms with E-state index in [1.165, 1.54) is 18.5 Å². The highest BCUT2D eigenvalue weighted by Gasteiger charge is 2.35. The highest BCUT2D eigenvalue weighted by atomic mass is 16.5. The average Bonchev–Trinajstić information content (AvgIpc) is 3.12. The highest BCUT2D eigenvalue weighted by molar-refractivity contribution is 6.39. The fourth-order valence-corrected chi connectivity index (χ4v) is 4.17. The maximum Gasteiger partial charge on any atom is 0.313 e. The van der Waals surface area contributed by atoms with Crippen LogP contribution in [0.25, 0.3) is 0 Å². The van der Waals surface area contributed by atoms with E-state index in [0.29, 0.717) is 6.54 Å². The minimum atomic E-state index is -0.792. The SMILES string of the molecule is C=C(/C=C1/CC(C)O/C1=C/C)[C@@H]1CC[C@@H](C)CN1C(=O)C(=O)Nc1cncc(C(N)=O)c1. The van der Waals surface area contributed by atoms with Gasteiger partial charge in [-0.15, -0.1) is 0 Å². The largest absolute Gasteiger partial charge is 0.490 e. The predicted molar refractivity (Wildman–Crippen MR) is 121 cm³/mol. The number of amides is 3. The Bertz CT molecular complexity index is 997. The number of nitrogens with one attached hydrogen (secondary N) is 1. The van der Waals surface area contributed by atoms with Crippen molar-refractivity contribution in [2.45, 2.75) is 52.2 Å². The quantitative estimate of drug-likeness (QED) is 0.702. The van der Waals surface area contributed by atoms with Gasteiger partial charge < -0.3 is 20.7 Å². The second-order valence-electron chi connectivity index (χ2n) is 8.47. The highest BCUT2D eigenvalue weighted by Crippen LogP contribution is 2.33. The third kappa shape index (κ3) is 5.25. The number of primary amides is 1. The number of pyridine rings is 1. The molecule has 0 spiro atoms. The summed E-state index contributed by atoms with van der Waals surface area (Å²) >= 11 is 0. The molecule has 8 heteroatoms. The normalized spacial score (nSPS) is 25.5. The van der Waals surface area contributed by atoms with Crippen molar-refractivity contribution in [3.8, 4) is 0 Å². The monoisotopic (exact) mass is 438 g/mol. The molecule has 0 saturated carbocycles. The second kappa shape index (κ2) is 9.80. The number of anilines is 1. The van der Waals surface area contributed by atoms with Crippen LogP contribution in [0.4, 0.5) is 5.69 Å². The summed E-state index contributed by atoms with van der Waals surface area (Å²) in [5.41, 5.74) is 7.47. The van der Waals surface area contributed by atoms with Crippen molar-refractivity contribution in [3.63, 3.8) is 0 Å². The molecule has 170 valence electrons. The van der Waals surface area contributed by atoms with E-state index < -0.39 is 17.7 Å². The van der Waals surface area contributed by atoms with Crippen molar-refractivity contribution in [2.24, 2.45) is 11.7 Å². The average molecular weight is 439 g/mol. The number of hydrogen-bond acceptors (Lipinski definition) is 5. The summed E-state index contributed by atoms with van der Waals surface area (Å²) in [5.74, 6) is -1.00. The number of likely N-dealkylation sites (tertiary alicyclic amines) is 1. The van der Waals surface area contributed by atoms with Gasteiger partial charge in [0, 0.05) is 19.2 Å². The van der Waals surface area contributed by atoms with Crippen LogP contribution >= 0.6 is 0 Å². The van der Waals surface area contributed by atoms with Crippen molar-refractivity contribution in [3.05, 3.63) is 59.7 Å². The predicted octanol–water partition coefficient (Wildman–Crippen LogP) is 2.94. The number of ether oxygens (including phenoxy) is 1. The fraction of sp³-hybridized carbons (Fsp3) is 0.417. The summed E-state index contributed by atoms with van der Waals surface area (Å²) in [4.78, 5) is 42.6. The van der Waals surface area contributed by atoms with Gasteiger partial charge in [-0.05, 0) is 55.9 Å². The van der Waals surface area contributed by atoms with Gasteiger partial charge >= 0.3 is 11.8 Å². The van der Waals surface area contributed by atoms with Gasteiger partial charge in [-0.25, -0.2) is 0 Å². The minimum absolute atomic E-state index is 0.0971. The Morgan fingerprint density at radius 3 is 2.72 bits per heavy atom. The summed E-state index contributed by atoms with van der Waals surface area (Å²) in [7, 11) is 0. The lowest BCUT2D eigenvalue weighted by atomic mass is 9.89. The topological polar surface area (TPSA) is 115 Å². The molecule has 0 aromatic carbocycles. The molecule has 3 rings (SSSR count). The molecule has 2 fully saturated rings. The smallest absolute Gasteiger partial charge is 0.313 e. The van der Waals surface area contributed by atoms with Crippen LogP contribution in [0.15, 0.2) is 54.1 Å². The minimum Gasteiger partial charge on any atom is -0.490 e. The third-order valence-corrected chi connectivity index (χ3v) is 5.76. The van der Waals surface area contributed by atoms with Crippen LogP contribution in [0.1, 0.15) is 50.4 Å². The number of nitrogens with two attached hydrogens (primary N) is 1. The molecule has 0 radical (unpaired) electrons. The van der Waals surface area contributed by atoms with Gasteiger partial charge in [0.2, 0.25) is 5.91 Å². The van der Waals surface area contributed by atoms with Crippen molar-refractivity contribution in [1.29, 1.82) is 0 Å². The van der Waals surface area contributed by atoms with E-state index in [9.17, 15) is 14.4 Å². The Kier molecular flexibility index (Phi) is 7.12. The van der Waals surface area contributed by atoms with Gasteiger partial charge in [0.1, 0.15) is 11.9 Å². The summed E-state index contributed by atoms with van der Waals surface area (Å²) in [5, 5.41) is 2.53. The van der Waals surface area contributed by atoms with Crippen LogP contribution in [0.3, 0.4) is 0 Å². The summed E-state index contributed by atoms with van der Waals surface area (Å²) < 4.78 is 5.80. The van der Waals surface area contributed by atoms with Gasteiger partial charge in [-0.2, -0.15) is 0 Å². The van der Waals surface area contributed by atoms with Gasteiger partial charge in [0.05, 0.1) is 23.5 Å². The first-order chi connectivity index (χ1) is 15.2. The van der Waals surface area contributed by atoms with E-state index in [1.807, 2.05) is 26.0 Å². The Balaban J connectivity index is 1.78. The molecule has 3 amide bonds. The summed E-state index contributed by atoms with van der Waals surface area (Å²) in [6.45, 7) is 10.7. The molecule has 0 bridgehead atoms. The lowest BCUT2D eigenvalue weighted by Crippen LogP contribution is -2.50. The van der Waals surface area contributed by atoms with Crippen LogP contribution in [0, 0.1) is 5.92 Å². The molecule has 32 heavy (non-hydrogen) atoms. The zero-order chi connectivity index (χ0) is 23.4. The number of nitrogens with zero attached hydrogens (tertiary/aromatic N) is 2. The lowest BCUT2D eigenvalue weighted by molar-refractivity contribution is -0.145. The standard InChI is InChI=1S/C24H30N4O4/c1-5-21-17(9-16(4)32-21)8-15(3)20-7-6-14(2)13-28(20)24(31)23(30)27-19-10-18(22(25)29)11-26-12-19/h5,8,10-12,14,16,20H,3,6-7,9,13H2,1-2,4H3,(H2,25,29)(H,27,30)/b17-8-,21-5+/t14-,16?,20+/m1/s1. The number of piperidine rings is 1. The number of carbonyl (C=O) groups is 3. The number of aromatic nitrogens is 1. The van der Waals surface area contributed by atoms with Crippen LogP contribution in [0.2, 0.25) is 0 Å². The van der Waals surface area contributed by atoms with E-state index in [1.54, 1.807) is 4.90 Å². The zero-order valence-corrected chi connectivity index (χ0v) is 18.8. The number of carbonyl (C=O) groups excluding carboxylic acids is 3. The first-order valence-electron chi connectivity index (χ1n) is 10.8. The number of rotatable bonds is 4. The van der Waals surface area contributed by atoms with Crippen LogP contribution in [-0.2, 0) is 14.3 Å². The molecule has 3 heterocycles. The molecule has 3 N–H and O–H groups in total. The van der Waals surface area contributed by atoms with Crippen molar-refractivity contribution in [2.75, 3.05) is 11.9 Å². The molecule has 0 aliphatic carbocycles. The van der Waals surface area contributed by atoms with E-state index in [0.717, 1.165) is 36.2 Å². The Hall–Kier alpha value is -3.42. The third-order valence-electron chi connectivity index (χ3n) is 5.76. The first kappa shape index (κ1) is 23.2. The van der Waals surface area contributed by atoms with Crippen molar-refractivity contribution >= 4 is 23.4 Å². The Morgan fingerprint density at radius 1 is 1.28 bits per heavy atom. The molecule has 1 aromatic heterocycles. The molecule has 2 aliphatic rings. The molecular weight excluding hydrogens is 408 g/mol. The van der Waals surface area contributed by atoms with Crippen molar-refractivity contribution in [1.82, 2.24) is 9.88 Å². The molecular formula is C24H30N4O4. The van der Waals surface area contributed by atoms with Crippen LogP contribution in [0.5, 0.6) is 0 Å². The number of allylic oxidation sites excluding steroid dienone is 2. The maximum absolute atomic E-state index is 13.1. The van der Waals surface area contributed by atoms with E-state index in [4.69, 9.17) is 10.5 Å². The van der Waals surface area contributed by atoms with Crippen LogP contribution in [-0.4, -0.2) is 46.3 Å².